The molecule has 1 amide bonds. The molecule has 0 saturated heterocycles. The standard InChI is InChI=1S/C17H19N3O3/c1-3-14(13-6-4-12(2)5-7-13)20-16(21)11-23-17(22)15-10-18-8-9-19-15/h4-10,14H,3,11H2,1-2H3,(H,20,21)/t14-/m1/s1. The Balaban J connectivity index is 1.88. The second kappa shape index (κ2) is 8.03. The number of hydrogen-bond donors (Lipinski definition) is 1. The first kappa shape index (κ1) is 16.6. The number of carbonyl (C=O) groups excluding carboxylic acids is 2. The molecule has 0 aliphatic rings. The maximum absolute atomic E-state index is 12.0. The normalized spacial score (nSPS) is 11.6. The van der Waals surface area contributed by atoms with E-state index >= 15 is 0 Å². The van der Waals surface area contributed by atoms with Crippen molar-refractivity contribution in [3.63, 3.8) is 0 Å². The number of aryl methyl sites for hydroxylation is 1. The average molecular weight is 313 g/mol. The molecule has 1 atom stereocenters. The highest BCUT2D eigenvalue weighted by atomic mass is 16.5. The Morgan fingerprint density at radius 1 is 1.22 bits per heavy atom. The van der Waals surface area contributed by atoms with Gasteiger partial charge in [-0.3, -0.25) is 9.78 Å². The van der Waals surface area contributed by atoms with Crippen LogP contribution in [0.3, 0.4) is 0 Å². The van der Waals surface area contributed by atoms with Crippen LogP contribution in [0, 0.1) is 6.92 Å². The van der Waals surface area contributed by atoms with Gasteiger partial charge in [0.1, 0.15) is 0 Å². The molecule has 0 aliphatic heterocycles. The Labute approximate surface area is 134 Å². The summed E-state index contributed by atoms with van der Waals surface area (Å²) in [4.78, 5) is 31.3. The predicted molar refractivity (Wildman–Crippen MR) is 84.7 cm³/mol. The Morgan fingerprint density at radius 3 is 2.57 bits per heavy atom. The summed E-state index contributed by atoms with van der Waals surface area (Å²) in [5.41, 5.74) is 2.26. The number of ether oxygens (including phenoxy) is 1. The van der Waals surface area contributed by atoms with E-state index in [1.54, 1.807) is 0 Å². The number of nitrogens with one attached hydrogen (secondary N) is 1. The van der Waals surface area contributed by atoms with Crippen LogP contribution in [0.15, 0.2) is 42.9 Å². The molecule has 0 aliphatic carbocycles. The van der Waals surface area contributed by atoms with Crippen molar-refractivity contribution in [3.8, 4) is 0 Å². The predicted octanol–water partition coefficient (Wildman–Crippen LogP) is 2.21. The van der Waals surface area contributed by atoms with E-state index in [0.717, 1.165) is 17.5 Å². The molecule has 0 spiro atoms. The van der Waals surface area contributed by atoms with Gasteiger partial charge in [-0.1, -0.05) is 36.8 Å². The van der Waals surface area contributed by atoms with Crippen molar-refractivity contribution >= 4 is 11.9 Å². The van der Waals surface area contributed by atoms with Crippen LogP contribution >= 0.6 is 0 Å². The highest BCUT2D eigenvalue weighted by Gasteiger charge is 2.15. The molecule has 0 fully saturated rings. The van der Waals surface area contributed by atoms with Crippen molar-refractivity contribution in [2.45, 2.75) is 26.3 Å². The second-order valence-corrected chi connectivity index (χ2v) is 5.11. The molecule has 2 aromatic rings. The molecule has 120 valence electrons. The summed E-state index contributed by atoms with van der Waals surface area (Å²) in [6.07, 6.45) is 4.88. The van der Waals surface area contributed by atoms with Gasteiger partial charge in [-0.2, -0.15) is 0 Å². The summed E-state index contributed by atoms with van der Waals surface area (Å²) >= 11 is 0. The zero-order valence-corrected chi connectivity index (χ0v) is 13.2. The first-order valence-electron chi connectivity index (χ1n) is 7.39. The van der Waals surface area contributed by atoms with Crippen LogP contribution < -0.4 is 5.32 Å². The van der Waals surface area contributed by atoms with Gasteiger partial charge < -0.3 is 10.1 Å². The van der Waals surface area contributed by atoms with E-state index in [2.05, 4.69) is 15.3 Å². The molecule has 1 aromatic carbocycles. The summed E-state index contributed by atoms with van der Waals surface area (Å²) < 4.78 is 4.94. The van der Waals surface area contributed by atoms with Gasteiger partial charge in [0.2, 0.25) is 0 Å². The molecule has 0 saturated carbocycles. The monoisotopic (exact) mass is 313 g/mol. The third-order valence-electron chi connectivity index (χ3n) is 3.33. The summed E-state index contributed by atoms with van der Waals surface area (Å²) in [6.45, 7) is 3.64. The minimum Gasteiger partial charge on any atom is -0.451 e. The van der Waals surface area contributed by atoms with Crippen molar-refractivity contribution in [2.75, 3.05) is 6.61 Å². The average Bonchev–Trinajstić information content (AvgIpc) is 2.59. The van der Waals surface area contributed by atoms with Gasteiger partial charge in [0.15, 0.2) is 12.3 Å². The van der Waals surface area contributed by atoms with Crippen LogP contribution in [0.1, 0.15) is 41.0 Å². The third kappa shape index (κ3) is 4.88. The zero-order chi connectivity index (χ0) is 16.7. The molecule has 2 rings (SSSR count). The van der Waals surface area contributed by atoms with E-state index in [1.165, 1.54) is 18.6 Å². The minimum atomic E-state index is -0.670. The van der Waals surface area contributed by atoms with Crippen molar-refractivity contribution < 1.29 is 14.3 Å². The molecule has 0 bridgehead atoms. The molecule has 23 heavy (non-hydrogen) atoms. The molecule has 6 heteroatoms. The van der Waals surface area contributed by atoms with Crippen LogP contribution in [0.5, 0.6) is 0 Å². The van der Waals surface area contributed by atoms with Gasteiger partial charge in [0.05, 0.1) is 12.2 Å². The smallest absolute Gasteiger partial charge is 0.359 e. The van der Waals surface area contributed by atoms with Gasteiger partial charge in [-0.05, 0) is 18.9 Å². The lowest BCUT2D eigenvalue weighted by Crippen LogP contribution is -2.32. The van der Waals surface area contributed by atoms with Gasteiger partial charge in [-0.25, -0.2) is 9.78 Å². The molecule has 6 nitrogen and oxygen atoms in total. The zero-order valence-electron chi connectivity index (χ0n) is 13.2. The Hall–Kier alpha value is -2.76. The number of rotatable bonds is 6. The number of carbonyl (C=O) groups is 2. The molecular weight excluding hydrogens is 294 g/mol. The van der Waals surface area contributed by atoms with E-state index in [0.29, 0.717) is 0 Å². The highest BCUT2D eigenvalue weighted by molar-refractivity contribution is 5.89. The summed E-state index contributed by atoms with van der Waals surface area (Å²) in [5, 5.41) is 2.86. The fourth-order valence-electron chi connectivity index (χ4n) is 2.07. The Kier molecular flexibility index (Phi) is 5.80. The van der Waals surface area contributed by atoms with E-state index < -0.39 is 5.97 Å². The van der Waals surface area contributed by atoms with Crippen molar-refractivity contribution in [2.24, 2.45) is 0 Å². The highest BCUT2D eigenvalue weighted by Crippen LogP contribution is 2.16. The number of esters is 1. The minimum absolute atomic E-state index is 0.0749. The summed E-state index contributed by atoms with van der Waals surface area (Å²) in [7, 11) is 0. The summed E-state index contributed by atoms with van der Waals surface area (Å²) in [6, 6.07) is 7.85. The number of hydrogen-bond acceptors (Lipinski definition) is 5. The lowest BCUT2D eigenvalue weighted by atomic mass is 10.0. The van der Waals surface area contributed by atoms with E-state index in [9.17, 15) is 9.59 Å². The fraction of sp³-hybridized carbons (Fsp3) is 0.294. The maximum Gasteiger partial charge on any atom is 0.359 e. The number of aromatic nitrogens is 2. The molecule has 1 N–H and O–H groups in total. The Morgan fingerprint density at radius 2 is 1.96 bits per heavy atom. The molecule has 1 heterocycles. The molecule has 0 radical (unpaired) electrons. The molecule has 1 aromatic heterocycles. The van der Waals surface area contributed by atoms with Gasteiger partial charge in [-0.15, -0.1) is 0 Å². The Bertz CT molecular complexity index is 657. The van der Waals surface area contributed by atoms with Crippen LogP contribution in [0.4, 0.5) is 0 Å². The lowest BCUT2D eigenvalue weighted by Gasteiger charge is -2.17. The SMILES string of the molecule is CC[C@@H](NC(=O)COC(=O)c1cnccn1)c1ccc(C)cc1. The topological polar surface area (TPSA) is 81.2 Å². The van der Waals surface area contributed by atoms with Gasteiger partial charge in [0.25, 0.3) is 5.91 Å². The maximum atomic E-state index is 12.0. The first-order chi connectivity index (χ1) is 11.1. The van der Waals surface area contributed by atoms with Crippen LogP contribution in [0.2, 0.25) is 0 Å². The first-order valence-corrected chi connectivity index (χ1v) is 7.39. The molecular formula is C17H19N3O3. The fourth-order valence-corrected chi connectivity index (χ4v) is 2.07. The van der Waals surface area contributed by atoms with Crippen molar-refractivity contribution in [3.05, 3.63) is 59.7 Å². The van der Waals surface area contributed by atoms with Crippen LogP contribution in [0.25, 0.3) is 0 Å². The number of amides is 1. The second-order valence-electron chi connectivity index (χ2n) is 5.11. The van der Waals surface area contributed by atoms with Crippen LogP contribution in [-0.2, 0) is 9.53 Å². The lowest BCUT2D eigenvalue weighted by molar-refractivity contribution is -0.125. The number of nitrogens with zero attached hydrogens (tertiary/aromatic N) is 2. The van der Waals surface area contributed by atoms with Gasteiger partial charge >= 0.3 is 5.97 Å². The van der Waals surface area contributed by atoms with Crippen molar-refractivity contribution in [1.29, 1.82) is 0 Å². The third-order valence-corrected chi connectivity index (χ3v) is 3.33. The largest absolute Gasteiger partial charge is 0.451 e. The summed E-state index contributed by atoms with van der Waals surface area (Å²) in [5.74, 6) is -1.02. The van der Waals surface area contributed by atoms with Crippen LogP contribution in [-0.4, -0.2) is 28.5 Å². The number of benzene rings is 1. The molecule has 0 unspecified atom stereocenters. The van der Waals surface area contributed by atoms with E-state index in [1.807, 2.05) is 38.1 Å². The van der Waals surface area contributed by atoms with E-state index in [4.69, 9.17) is 4.74 Å². The van der Waals surface area contributed by atoms with E-state index in [-0.39, 0.29) is 24.2 Å². The van der Waals surface area contributed by atoms with Crippen molar-refractivity contribution in [1.82, 2.24) is 15.3 Å². The quantitative estimate of drug-likeness (QED) is 0.827. The van der Waals surface area contributed by atoms with Gasteiger partial charge in [0, 0.05) is 12.4 Å².